The van der Waals surface area contributed by atoms with E-state index in [9.17, 15) is 4.79 Å². The zero-order chi connectivity index (χ0) is 18.2. The van der Waals surface area contributed by atoms with Crippen molar-refractivity contribution < 1.29 is 9.53 Å². The van der Waals surface area contributed by atoms with Crippen LogP contribution in [-0.2, 0) is 4.74 Å². The van der Waals surface area contributed by atoms with Gasteiger partial charge in [0.2, 0.25) is 0 Å². The van der Waals surface area contributed by atoms with E-state index in [2.05, 4.69) is 41.3 Å². The van der Waals surface area contributed by atoms with Gasteiger partial charge >= 0.3 is 6.09 Å². The van der Waals surface area contributed by atoms with E-state index in [-0.39, 0.29) is 18.2 Å². The fraction of sp³-hybridized carbons (Fsp3) is 0.458. The molecular formula is C24H27NO2. The molecule has 3 heteroatoms. The molecule has 5 rings (SSSR count). The van der Waals surface area contributed by atoms with Gasteiger partial charge in [-0.15, -0.1) is 0 Å². The highest BCUT2D eigenvalue weighted by molar-refractivity contribution is 5.72. The summed E-state index contributed by atoms with van der Waals surface area (Å²) >= 11 is 0. The van der Waals surface area contributed by atoms with Gasteiger partial charge < -0.3 is 4.74 Å². The first-order valence-corrected chi connectivity index (χ1v) is 10.4. The second-order valence-corrected chi connectivity index (χ2v) is 8.34. The highest BCUT2D eigenvalue weighted by Crippen LogP contribution is 2.54. The number of benzene rings is 2. The van der Waals surface area contributed by atoms with Crippen molar-refractivity contribution >= 4 is 6.09 Å². The van der Waals surface area contributed by atoms with Crippen LogP contribution in [0.25, 0.3) is 0 Å². The van der Waals surface area contributed by atoms with Gasteiger partial charge in [-0.1, -0.05) is 92.8 Å². The number of carbonyl (C=O) groups is 1. The maximum Gasteiger partial charge on any atom is 0.411 e. The van der Waals surface area contributed by atoms with Crippen LogP contribution in [0, 0.1) is 11.8 Å². The predicted molar refractivity (Wildman–Crippen MR) is 105 cm³/mol. The molecule has 3 nitrogen and oxygen atoms in total. The van der Waals surface area contributed by atoms with Gasteiger partial charge in [0.05, 0.1) is 0 Å². The average Bonchev–Trinajstić information content (AvgIpc) is 3.45. The second kappa shape index (κ2) is 7.03. The lowest BCUT2D eigenvalue weighted by atomic mass is 9.85. The summed E-state index contributed by atoms with van der Waals surface area (Å²) in [6, 6.07) is 20.9. The molecule has 27 heavy (non-hydrogen) atoms. The van der Waals surface area contributed by atoms with E-state index in [0.717, 1.165) is 17.9 Å². The van der Waals surface area contributed by atoms with E-state index in [4.69, 9.17) is 4.74 Å². The highest BCUT2D eigenvalue weighted by Gasteiger charge is 2.55. The first kappa shape index (κ1) is 16.9. The van der Waals surface area contributed by atoms with E-state index in [1.54, 1.807) is 0 Å². The lowest BCUT2D eigenvalue weighted by molar-refractivity contribution is 0.129. The summed E-state index contributed by atoms with van der Waals surface area (Å²) < 4.78 is 5.95. The van der Waals surface area contributed by atoms with Crippen molar-refractivity contribution in [1.29, 1.82) is 0 Å². The van der Waals surface area contributed by atoms with Crippen molar-refractivity contribution in [3.8, 4) is 0 Å². The van der Waals surface area contributed by atoms with Crippen LogP contribution in [0.15, 0.2) is 60.7 Å². The van der Waals surface area contributed by atoms with E-state index in [1.807, 2.05) is 24.3 Å². The van der Waals surface area contributed by atoms with Crippen molar-refractivity contribution in [2.24, 2.45) is 11.8 Å². The third-order valence-electron chi connectivity index (χ3n) is 6.71. The maximum atomic E-state index is 13.0. The van der Waals surface area contributed by atoms with Crippen molar-refractivity contribution in [2.45, 2.75) is 56.7 Å². The van der Waals surface area contributed by atoms with Gasteiger partial charge in [-0.25, -0.2) is 4.79 Å². The smallest absolute Gasteiger partial charge is 0.411 e. The van der Waals surface area contributed by atoms with Crippen LogP contribution in [0.1, 0.15) is 61.8 Å². The monoisotopic (exact) mass is 361 g/mol. The van der Waals surface area contributed by atoms with E-state index in [1.165, 1.54) is 37.7 Å². The quantitative estimate of drug-likeness (QED) is 0.679. The molecule has 4 atom stereocenters. The Morgan fingerprint density at radius 2 is 1.44 bits per heavy atom. The molecule has 3 fully saturated rings. The Kier molecular flexibility index (Phi) is 4.39. The van der Waals surface area contributed by atoms with Crippen LogP contribution in [0.3, 0.4) is 0 Å². The molecule has 0 radical (unpaired) electrons. The molecule has 2 aromatic rings. The summed E-state index contributed by atoms with van der Waals surface area (Å²) in [5.74, 6) is 1.46. The zero-order valence-electron chi connectivity index (χ0n) is 15.7. The van der Waals surface area contributed by atoms with Gasteiger partial charge in [0.25, 0.3) is 0 Å². The van der Waals surface area contributed by atoms with Crippen LogP contribution < -0.4 is 0 Å². The Morgan fingerprint density at radius 1 is 0.815 bits per heavy atom. The Hall–Kier alpha value is -2.29. The van der Waals surface area contributed by atoms with E-state index in [0.29, 0.717) is 12.0 Å². The van der Waals surface area contributed by atoms with Crippen LogP contribution in [0.5, 0.6) is 0 Å². The number of ether oxygens (including phenoxy) is 1. The number of carbonyl (C=O) groups excluding carboxylic acids is 1. The molecule has 1 heterocycles. The summed E-state index contributed by atoms with van der Waals surface area (Å²) in [6.07, 6.45) is 7.53. The summed E-state index contributed by atoms with van der Waals surface area (Å²) in [5, 5.41) is 0. The number of amides is 1. The molecular weight excluding hydrogens is 334 g/mol. The molecule has 2 saturated carbocycles. The number of cyclic esters (lactones) is 1. The minimum atomic E-state index is -0.228. The predicted octanol–water partition coefficient (Wildman–Crippen LogP) is 5.89. The fourth-order valence-electron chi connectivity index (χ4n) is 5.30. The molecule has 140 valence electrons. The lowest BCUT2D eigenvalue weighted by Gasteiger charge is -2.28. The largest absolute Gasteiger partial charge is 0.439 e. The summed E-state index contributed by atoms with van der Waals surface area (Å²) in [5.41, 5.74) is 2.25. The topological polar surface area (TPSA) is 29.5 Å². The average molecular weight is 361 g/mol. The van der Waals surface area contributed by atoms with Crippen LogP contribution in [0.2, 0.25) is 0 Å². The SMILES string of the molecule is O=C1O[C@H](c2ccccc2)[C@H](c2ccccc2)N1[C@@H]1C[C@H]1C1CCCCC1. The maximum absolute atomic E-state index is 13.0. The Balaban J connectivity index is 1.45. The normalized spacial score (nSPS) is 31.0. The molecule has 2 aliphatic carbocycles. The number of nitrogens with zero attached hydrogens (tertiary/aromatic N) is 1. The molecule has 0 spiro atoms. The number of hydrogen-bond donors (Lipinski definition) is 0. The van der Waals surface area contributed by atoms with Gasteiger partial charge in [0, 0.05) is 6.04 Å². The van der Waals surface area contributed by atoms with Gasteiger partial charge in [0.15, 0.2) is 6.10 Å². The van der Waals surface area contributed by atoms with Gasteiger partial charge in [-0.2, -0.15) is 0 Å². The Morgan fingerprint density at radius 3 is 2.11 bits per heavy atom. The minimum Gasteiger partial charge on any atom is -0.439 e. The third-order valence-corrected chi connectivity index (χ3v) is 6.71. The summed E-state index contributed by atoms with van der Waals surface area (Å²) in [4.78, 5) is 15.0. The van der Waals surface area contributed by atoms with Crippen LogP contribution >= 0.6 is 0 Å². The molecule has 0 unspecified atom stereocenters. The molecule has 0 N–H and O–H groups in total. The molecule has 1 aliphatic heterocycles. The third kappa shape index (κ3) is 3.13. The molecule has 2 aromatic carbocycles. The summed E-state index contributed by atoms with van der Waals surface area (Å²) in [6.45, 7) is 0. The summed E-state index contributed by atoms with van der Waals surface area (Å²) in [7, 11) is 0. The van der Waals surface area contributed by atoms with Crippen molar-refractivity contribution in [1.82, 2.24) is 4.90 Å². The minimum absolute atomic E-state index is 0.0281. The standard InChI is InChI=1S/C24H27NO2/c26-24-25(21-16-20(21)17-10-4-1-5-11-17)22(18-12-6-2-7-13-18)23(27-24)19-14-8-3-9-15-19/h2-3,6-9,12-15,17,20-23H,1,4-5,10-11,16H2/t20-,21+,22-,23+/m0/s1. The van der Waals surface area contributed by atoms with Gasteiger partial charge in [-0.3, -0.25) is 4.90 Å². The van der Waals surface area contributed by atoms with E-state index < -0.39 is 0 Å². The molecule has 1 amide bonds. The van der Waals surface area contributed by atoms with Crippen molar-refractivity contribution in [3.63, 3.8) is 0 Å². The molecule has 1 saturated heterocycles. The van der Waals surface area contributed by atoms with Gasteiger partial charge in [0.1, 0.15) is 6.04 Å². The van der Waals surface area contributed by atoms with Crippen LogP contribution in [-0.4, -0.2) is 17.0 Å². The van der Waals surface area contributed by atoms with Crippen LogP contribution in [0.4, 0.5) is 4.79 Å². The Bertz CT molecular complexity index is 785. The fourth-order valence-corrected chi connectivity index (χ4v) is 5.30. The van der Waals surface area contributed by atoms with E-state index >= 15 is 0 Å². The zero-order valence-corrected chi connectivity index (χ0v) is 15.7. The molecule has 0 aromatic heterocycles. The number of rotatable bonds is 4. The first-order chi connectivity index (χ1) is 13.3. The van der Waals surface area contributed by atoms with Crippen molar-refractivity contribution in [3.05, 3.63) is 71.8 Å². The second-order valence-electron chi connectivity index (χ2n) is 8.34. The van der Waals surface area contributed by atoms with Gasteiger partial charge in [-0.05, 0) is 29.4 Å². The number of hydrogen-bond acceptors (Lipinski definition) is 2. The first-order valence-electron chi connectivity index (χ1n) is 10.4. The lowest BCUT2D eigenvalue weighted by Crippen LogP contribution is -2.32. The highest BCUT2D eigenvalue weighted by atomic mass is 16.6. The molecule has 0 bridgehead atoms. The Labute approximate surface area is 161 Å². The van der Waals surface area contributed by atoms with Crippen molar-refractivity contribution in [2.75, 3.05) is 0 Å². The molecule has 3 aliphatic rings.